The minimum Gasteiger partial charge on any atom is -0.321 e. The number of rotatable bonds is 10. The van der Waals surface area contributed by atoms with E-state index in [-0.39, 0.29) is 35.7 Å². The molecule has 8 heteroatoms. The lowest BCUT2D eigenvalue weighted by Crippen LogP contribution is -2.35. The molecule has 1 rings (SSSR count). The van der Waals surface area contributed by atoms with Crippen LogP contribution in [0.4, 0.5) is 5.69 Å². The van der Waals surface area contributed by atoms with Gasteiger partial charge in [0.2, 0.25) is 0 Å². The average molecular weight is 409 g/mol. The summed E-state index contributed by atoms with van der Waals surface area (Å²) in [5, 5.41) is 20.4. The van der Waals surface area contributed by atoms with Gasteiger partial charge in [-0.2, -0.15) is 5.26 Å². The van der Waals surface area contributed by atoms with Crippen LogP contribution in [0.1, 0.15) is 66.6 Å². The summed E-state index contributed by atoms with van der Waals surface area (Å²) >= 11 is 0. The van der Waals surface area contributed by atoms with Crippen LogP contribution in [0.3, 0.4) is 0 Å². The van der Waals surface area contributed by atoms with E-state index in [9.17, 15) is 10.1 Å². The zero-order valence-corrected chi connectivity index (χ0v) is 18.8. The van der Waals surface area contributed by atoms with Gasteiger partial charge in [0.1, 0.15) is 6.10 Å². The quantitative estimate of drug-likeness (QED) is 0.205. The van der Waals surface area contributed by atoms with Gasteiger partial charge in [0.15, 0.2) is 0 Å². The number of nitro groups is 1. The van der Waals surface area contributed by atoms with Crippen LogP contribution in [0.2, 0.25) is 0 Å². The summed E-state index contributed by atoms with van der Waals surface area (Å²) in [6, 6.07) is 9.07. The molecule has 0 fully saturated rings. The SMILES string of the molecule is CC(C)N(C(C)C)P(OCCC#N)OC(c1ccccc1[N+](=O)[O-])C(C)(C)C. The van der Waals surface area contributed by atoms with Gasteiger partial charge in [0.05, 0.1) is 29.6 Å². The molecule has 0 aromatic heterocycles. The van der Waals surface area contributed by atoms with Crippen molar-refractivity contribution in [2.75, 3.05) is 6.61 Å². The van der Waals surface area contributed by atoms with Crippen LogP contribution < -0.4 is 0 Å². The average Bonchev–Trinajstić information content (AvgIpc) is 2.57. The maximum Gasteiger partial charge on any atom is 0.275 e. The highest BCUT2D eigenvalue weighted by Crippen LogP contribution is 2.54. The standard InChI is InChI=1S/C20H32N3O4P/c1-15(2)22(16(3)4)28(26-14-10-13-21)27-19(20(5,6)7)17-11-8-9-12-18(17)23(24)25/h8-9,11-12,15-16,19H,10,14H2,1-7H3. The van der Waals surface area contributed by atoms with E-state index in [4.69, 9.17) is 14.3 Å². The summed E-state index contributed by atoms with van der Waals surface area (Å²) in [5.74, 6) is 0. The van der Waals surface area contributed by atoms with Crippen molar-refractivity contribution in [2.45, 2.75) is 73.1 Å². The fourth-order valence-corrected chi connectivity index (χ4v) is 4.86. The normalized spacial score (nSPS) is 14.3. The number of nitriles is 1. The maximum atomic E-state index is 11.6. The first-order chi connectivity index (χ1) is 13.0. The van der Waals surface area contributed by atoms with Crippen molar-refractivity contribution in [1.82, 2.24) is 4.67 Å². The molecule has 0 saturated heterocycles. The Labute approximate surface area is 169 Å². The molecule has 0 aliphatic carbocycles. The lowest BCUT2D eigenvalue weighted by Gasteiger charge is -2.40. The molecule has 0 aliphatic heterocycles. The molecular formula is C20H32N3O4P. The number of hydrogen-bond donors (Lipinski definition) is 0. The van der Waals surface area contributed by atoms with Gasteiger partial charge in [-0.25, -0.2) is 4.67 Å². The van der Waals surface area contributed by atoms with Crippen molar-refractivity contribution in [2.24, 2.45) is 5.41 Å². The van der Waals surface area contributed by atoms with E-state index >= 15 is 0 Å². The van der Waals surface area contributed by atoms with E-state index in [0.29, 0.717) is 5.56 Å². The summed E-state index contributed by atoms with van der Waals surface area (Å²) < 4.78 is 14.6. The zero-order chi connectivity index (χ0) is 21.5. The van der Waals surface area contributed by atoms with Crippen LogP contribution in [0.25, 0.3) is 0 Å². The highest BCUT2D eigenvalue weighted by atomic mass is 31.2. The summed E-state index contributed by atoms with van der Waals surface area (Å²) in [6.45, 7) is 14.5. The molecule has 0 aliphatic rings. The van der Waals surface area contributed by atoms with Gasteiger partial charge >= 0.3 is 0 Å². The Morgan fingerprint density at radius 2 is 1.79 bits per heavy atom. The Morgan fingerprint density at radius 1 is 1.21 bits per heavy atom. The van der Waals surface area contributed by atoms with Crippen LogP contribution in [0.5, 0.6) is 0 Å². The van der Waals surface area contributed by atoms with Crippen molar-refractivity contribution in [1.29, 1.82) is 5.26 Å². The molecule has 1 aromatic rings. The molecule has 0 N–H and O–H groups in total. The first kappa shape index (κ1) is 24.5. The number of benzene rings is 1. The van der Waals surface area contributed by atoms with Gasteiger partial charge in [-0.05, 0) is 39.2 Å². The van der Waals surface area contributed by atoms with Crippen LogP contribution in [-0.4, -0.2) is 28.3 Å². The summed E-state index contributed by atoms with van der Waals surface area (Å²) in [7, 11) is -1.51. The monoisotopic (exact) mass is 409 g/mol. The number of hydrogen-bond acceptors (Lipinski definition) is 6. The molecule has 156 valence electrons. The zero-order valence-electron chi connectivity index (χ0n) is 17.9. The molecule has 28 heavy (non-hydrogen) atoms. The van der Waals surface area contributed by atoms with E-state index in [1.807, 2.05) is 20.8 Å². The van der Waals surface area contributed by atoms with Gasteiger partial charge in [-0.15, -0.1) is 0 Å². The third kappa shape index (κ3) is 6.79. The fourth-order valence-electron chi connectivity index (χ4n) is 2.94. The van der Waals surface area contributed by atoms with Crippen molar-refractivity contribution in [3.05, 3.63) is 39.9 Å². The highest BCUT2D eigenvalue weighted by molar-refractivity contribution is 7.44. The lowest BCUT2D eigenvalue weighted by atomic mass is 9.84. The van der Waals surface area contributed by atoms with Gasteiger partial charge in [-0.3, -0.25) is 10.1 Å². The predicted molar refractivity (Wildman–Crippen MR) is 112 cm³/mol. The van der Waals surface area contributed by atoms with Crippen LogP contribution in [-0.2, 0) is 9.05 Å². The molecule has 0 amide bonds. The molecule has 7 nitrogen and oxygen atoms in total. The van der Waals surface area contributed by atoms with E-state index < -0.39 is 20.0 Å². The second-order valence-electron chi connectivity index (χ2n) is 8.21. The van der Waals surface area contributed by atoms with Gasteiger partial charge in [-0.1, -0.05) is 32.9 Å². The van der Waals surface area contributed by atoms with Crippen molar-refractivity contribution < 1.29 is 14.0 Å². The van der Waals surface area contributed by atoms with E-state index in [2.05, 4.69) is 38.4 Å². The summed E-state index contributed by atoms with van der Waals surface area (Å²) in [6.07, 6.45) is -0.278. The molecule has 0 bridgehead atoms. The molecule has 0 saturated carbocycles. The molecule has 0 radical (unpaired) electrons. The van der Waals surface area contributed by atoms with Crippen molar-refractivity contribution >= 4 is 14.2 Å². The molecule has 1 aromatic carbocycles. The predicted octanol–water partition coefficient (Wildman–Crippen LogP) is 5.97. The van der Waals surface area contributed by atoms with Crippen molar-refractivity contribution in [3.63, 3.8) is 0 Å². The first-order valence-corrected chi connectivity index (χ1v) is 10.6. The molecule has 2 atom stereocenters. The second-order valence-corrected chi connectivity index (χ2v) is 9.62. The van der Waals surface area contributed by atoms with Gasteiger partial charge in [0.25, 0.3) is 14.2 Å². The van der Waals surface area contributed by atoms with Gasteiger partial charge in [0, 0.05) is 18.2 Å². The Kier molecular flexibility index (Phi) is 9.46. The lowest BCUT2D eigenvalue weighted by molar-refractivity contribution is -0.386. The largest absolute Gasteiger partial charge is 0.321 e. The maximum absolute atomic E-state index is 11.6. The highest BCUT2D eigenvalue weighted by Gasteiger charge is 2.38. The molecule has 0 heterocycles. The molecular weight excluding hydrogens is 377 g/mol. The van der Waals surface area contributed by atoms with Crippen LogP contribution in [0, 0.1) is 26.9 Å². The number of para-hydroxylation sites is 1. The Hall–Kier alpha value is -1.58. The smallest absolute Gasteiger partial charge is 0.275 e. The van der Waals surface area contributed by atoms with Crippen LogP contribution in [0.15, 0.2) is 24.3 Å². The Bertz CT molecular complexity index is 675. The number of nitro benzene ring substituents is 1. The fraction of sp³-hybridized carbons (Fsp3) is 0.650. The molecule has 2 unspecified atom stereocenters. The Morgan fingerprint density at radius 3 is 2.25 bits per heavy atom. The Balaban J connectivity index is 3.35. The van der Waals surface area contributed by atoms with E-state index in [1.165, 1.54) is 6.07 Å². The minimum atomic E-state index is -1.51. The van der Waals surface area contributed by atoms with Gasteiger partial charge < -0.3 is 9.05 Å². The van der Waals surface area contributed by atoms with Crippen molar-refractivity contribution in [3.8, 4) is 6.07 Å². The number of nitrogens with zero attached hydrogens (tertiary/aromatic N) is 3. The summed E-state index contributed by atoms with van der Waals surface area (Å²) in [5.41, 5.74) is 0.171. The second kappa shape index (κ2) is 10.8. The third-order valence-corrected chi connectivity index (χ3v) is 6.16. The summed E-state index contributed by atoms with van der Waals surface area (Å²) in [4.78, 5) is 11.2. The minimum absolute atomic E-state index is 0.0371. The third-order valence-electron chi connectivity index (χ3n) is 4.06. The first-order valence-electron chi connectivity index (χ1n) is 9.49. The van der Waals surface area contributed by atoms with Crippen LogP contribution >= 0.6 is 8.53 Å². The van der Waals surface area contributed by atoms with E-state index in [0.717, 1.165) is 0 Å². The topological polar surface area (TPSA) is 88.6 Å². The molecule has 0 spiro atoms. The van der Waals surface area contributed by atoms with E-state index in [1.54, 1.807) is 18.2 Å².